The first-order valence-electron chi connectivity index (χ1n) is 11.0. The van der Waals surface area contributed by atoms with Gasteiger partial charge in [-0.05, 0) is 35.2 Å². The molecule has 0 radical (unpaired) electrons. The van der Waals surface area contributed by atoms with Gasteiger partial charge in [0.2, 0.25) is 5.95 Å². The van der Waals surface area contributed by atoms with Gasteiger partial charge in [0, 0.05) is 26.2 Å². The Morgan fingerprint density at radius 3 is 2.34 bits per heavy atom. The van der Waals surface area contributed by atoms with E-state index in [4.69, 9.17) is 4.98 Å². The molecule has 1 N–H and O–H groups in total. The first-order valence-corrected chi connectivity index (χ1v) is 11.0. The lowest BCUT2D eigenvalue weighted by molar-refractivity contribution is 0.0701. The molecule has 0 unspecified atom stereocenters. The molecule has 0 fully saturated rings. The number of imidazole rings is 1. The number of nitrogens with zero attached hydrogens (tertiary/aromatic N) is 3. The van der Waals surface area contributed by atoms with Crippen molar-refractivity contribution in [1.29, 1.82) is 0 Å². The van der Waals surface area contributed by atoms with Crippen molar-refractivity contribution in [1.82, 2.24) is 14.5 Å². The van der Waals surface area contributed by atoms with Crippen LogP contribution in [-0.2, 0) is 7.05 Å². The third-order valence-electron chi connectivity index (χ3n) is 6.09. The van der Waals surface area contributed by atoms with Crippen molar-refractivity contribution in [3.8, 4) is 11.1 Å². The number of nitrogens with one attached hydrogen (secondary N) is 1. The van der Waals surface area contributed by atoms with Crippen LogP contribution in [0.4, 0.5) is 5.95 Å². The van der Waals surface area contributed by atoms with Crippen LogP contribution in [-0.4, -0.2) is 40.0 Å². The molecular formula is C27H30N4O. The van der Waals surface area contributed by atoms with Gasteiger partial charge in [-0.15, -0.1) is 0 Å². The molecule has 0 saturated heterocycles. The highest BCUT2D eigenvalue weighted by atomic mass is 16.2. The normalized spacial score (nSPS) is 12.2. The fraction of sp³-hybridized carbons (Fsp3) is 0.259. The van der Waals surface area contributed by atoms with E-state index in [2.05, 4.69) is 29.8 Å². The number of hydrogen-bond donors (Lipinski definition) is 1. The number of rotatable bonds is 7. The molecule has 1 aromatic heterocycles. The zero-order chi connectivity index (χ0) is 22.7. The van der Waals surface area contributed by atoms with Gasteiger partial charge in [0.15, 0.2) is 0 Å². The van der Waals surface area contributed by atoms with E-state index in [0.717, 1.165) is 33.7 Å². The maximum Gasteiger partial charge on any atom is 0.254 e. The van der Waals surface area contributed by atoms with Crippen molar-refractivity contribution in [3.05, 3.63) is 84.4 Å². The second-order valence-corrected chi connectivity index (χ2v) is 8.50. The van der Waals surface area contributed by atoms with E-state index in [1.165, 1.54) is 0 Å². The molecule has 0 aliphatic heterocycles. The Bertz CT molecular complexity index is 1210. The molecule has 1 amide bonds. The highest BCUT2D eigenvalue weighted by Gasteiger charge is 2.26. The summed E-state index contributed by atoms with van der Waals surface area (Å²) in [7, 11) is 3.90. The van der Waals surface area contributed by atoms with Crippen LogP contribution < -0.4 is 5.32 Å². The van der Waals surface area contributed by atoms with E-state index >= 15 is 0 Å². The SMILES string of the molecule is CC(C)[C@@H](CNc1nc2ccccc2n1C)N(C)C(=O)c1ccccc1-c1ccccc1. The molecule has 0 saturated carbocycles. The van der Waals surface area contributed by atoms with Gasteiger partial charge in [-0.1, -0.05) is 74.5 Å². The topological polar surface area (TPSA) is 50.2 Å². The van der Waals surface area contributed by atoms with Crippen molar-refractivity contribution in [3.63, 3.8) is 0 Å². The lowest BCUT2D eigenvalue weighted by Gasteiger charge is -2.32. The summed E-state index contributed by atoms with van der Waals surface area (Å²) in [5, 5.41) is 3.48. The van der Waals surface area contributed by atoms with Gasteiger partial charge in [-0.25, -0.2) is 4.98 Å². The third kappa shape index (κ3) is 4.24. The number of likely N-dealkylation sites (N-methyl/N-ethyl adjacent to an activating group) is 1. The zero-order valence-corrected chi connectivity index (χ0v) is 19.1. The fourth-order valence-electron chi connectivity index (χ4n) is 4.20. The van der Waals surface area contributed by atoms with Gasteiger partial charge >= 0.3 is 0 Å². The number of hydrogen-bond acceptors (Lipinski definition) is 3. The molecule has 0 bridgehead atoms. The maximum atomic E-state index is 13.6. The summed E-state index contributed by atoms with van der Waals surface area (Å²) >= 11 is 0. The second kappa shape index (κ2) is 9.27. The minimum atomic E-state index is 0.00569. The molecule has 164 valence electrons. The van der Waals surface area contributed by atoms with Gasteiger partial charge in [-0.3, -0.25) is 4.79 Å². The summed E-state index contributed by atoms with van der Waals surface area (Å²) in [4.78, 5) is 20.2. The smallest absolute Gasteiger partial charge is 0.254 e. The van der Waals surface area contributed by atoms with Crippen LogP contribution in [0.3, 0.4) is 0 Å². The van der Waals surface area contributed by atoms with Crippen molar-refractivity contribution in [2.75, 3.05) is 18.9 Å². The number of amides is 1. The third-order valence-corrected chi connectivity index (χ3v) is 6.09. The molecule has 32 heavy (non-hydrogen) atoms. The van der Waals surface area contributed by atoms with Gasteiger partial charge in [-0.2, -0.15) is 0 Å². The largest absolute Gasteiger partial charge is 0.354 e. The number of para-hydroxylation sites is 2. The lowest BCUT2D eigenvalue weighted by Crippen LogP contribution is -2.45. The summed E-state index contributed by atoms with van der Waals surface area (Å²) < 4.78 is 2.05. The molecule has 5 heteroatoms. The van der Waals surface area contributed by atoms with Gasteiger partial charge < -0.3 is 14.8 Å². The number of carbonyl (C=O) groups excluding carboxylic acids is 1. The van der Waals surface area contributed by atoms with Crippen molar-refractivity contribution < 1.29 is 4.79 Å². The first kappa shape index (κ1) is 21.6. The van der Waals surface area contributed by atoms with Crippen LogP contribution in [0.25, 0.3) is 22.2 Å². The van der Waals surface area contributed by atoms with E-state index in [-0.39, 0.29) is 17.9 Å². The van der Waals surface area contributed by atoms with Crippen LogP contribution in [0.2, 0.25) is 0 Å². The van der Waals surface area contributed by atoms with Crippen molar-refractivity contribution in [2.24, 2.45) is 13.0 Å². The number of aromatic nitrogens is 2. The molecular weight excluding hydrogens is 396 g/mol. The zero-order valence-electron chi connectivity index (χ0n) is 19.1. The average molecular weight is 427 g/mol. The Labute approximate surface area is 189 Å². The number of fused-ring (bicyclic) bond motifs is 1. The minimum Gasteiger partial charge on any atom is -0.354 e. The van der Waals surface area contributed by atoms with Crippen LogP contribution in [0.15, 0.2) is 78.9 Å². The Hall–Kier alpha value is -3.60. The maximum absolute atomic E-state index is 13.6. The van der Waals surface area contributed by atoms with E-state index in [1.807, 2.05) is 91.8 Å². The van der Waals surface area contributed by atoms with Crippen LogP contribution in [0.5, 0.6) is 0 Å². The molecule has 4 rings (SSSR count). The summed E-state index contributed by atoms with van der Waals surface area (Å²) in [6.45, 7) is 4.91. The van der Waals surface area contributed by atoms with E-state index < -0.39 is 0 Å². The van der Waals surface area contributed by atoms with Crippen molar-refractivity contribution >= 4 is 22.9 Å². The molecule has 3 aromatic carbocycles. The summed E-state index contributed by atoms with van der Waals surface area (Å²) in [6, 6.07) is 26.0. The minimum absolute atomic E-state index is 0.00569. The lowest BCUT2D eigenvalue weighted by atomic mass is 9.97. The predicted molar refractivity (Wildman–Crippen MR) is 132 cm³/mol. The summed E-state index contributed by atoms with van der Waals surface area (Å²) in [5.41, 5.74) is 4.76. The van der Waals surface area contributed by atoms with E-state index in [9.17, 15) is 4.79 Å². The Kier molecular flexibility index (Phi) is 6.26. The predicted octanol–water partition coefficient (Wildman–Crippen LogP) is 5.45. The van der Waals surface area contributed by atoms with Crippen molar-refractivity contribution in [2.45, 2.75) is 19.9 Å². The molecule has 0 aliphatic rings. The van der Waals surface area contributed by atoms with E-state index in [0.29, 0.717) is 6.54 Å². The van der Waals surface area contributed by atoms with Gasteiger partial charge in [0.05, 0.1) is 17.1 Å². The Morgan fingerprint density at radius 2 is 1.62 bits per heavy atom. The van der Waals surface area contributed by atoms with E-state index in [1.54, 1.807) is 0 Å². The first-order chi connectivity index (χ1) is 15.5. The second-order valence-electron chi connectivity index (χ2n) is 8.50. The molecule has 0 aliphatic carbocycles. The summed E-state index contributed by atoms with van der Waals surface area (Å²) in [6.07, 6.45) is 0. The highest BCUT2D eigenvalue weighted by Crippen LogP contribution is 2.26. The number of anilines is 1. The monoisotopic (exact) mass is 426 g/mol. The standard InChI is InChI=1S/C27H30N4O/c1-19(2)25(18-28-27-29-23-16-10-11-17-24(23)31(27)4)30(3)26(32)22-15-9-8-14-21(22)20-12-6-5-7-13-20/h5-17,19,25H,18H2,1-4H3,(H,28,29)/t25-/m1/s1. The van der Waals surface area contributed by atoms with Crippen LogP contribution in [0.1, 0.15) is 24.2 Å². The summed E-state index contributed by atoms with van der Waals surface area (Å²) in [5.74, 6) is 1.10. The fourth-order valence-corrected chi connectivity index (χ4v) is 4.20. The van der Waals surface area contributed by atoms with Crippen LogP contribution >= 0.6 is 0 Å². The number of benzene rings is 3. The van der Waals surface area contributed by atoms with Crippen LogP contribution in [0, 0.1) is 5.92 Å². The highest BCUT2D eigenvalue weighted by molar-refractivity contribution is 6.01. The molecule has 0 spiro atoms. The van der Waals surface area contributed by atoms with Gasteiger partial charge in [0.25, 0.3) is 5.91 Å². The molecule has 5 nitrogen and oxygen atoms in total. The number of aryl methyl sites for hydroxylation is 1. The Balaban J connectivity index is 1.57. The molecule has 1 atom stereocenters. The average Bonchev–Trinajstić information content (AvgIpc) is 3.14. The molecule has 4 aromatic rings. The Morgan fingerprint density at radius 1 is 0.969 bits per heavy atom. The quantitative estimate of drug-likeness (QED) is 0.428. The van der Waals surface area contributed by atoms with Gasteiger partial charge in [0.1, 0.15) is 0 Å². The molecule has 1 heterocycles. The number of carbonyl (C=O) groups is 1.